The first-order valence-electron chi connectivity index (χ1n) is 7.89. The van der Waals surface area contributed by atoms with Crippen molar-refractivity contribution in [3.63, 3.8) is 0 Å². The molecule has 1 heterocycles. The Labute approximate surface area is 149 Å². The van der Waals surface area contributed by atoms with Crippen LogP contribution in [0.25, 0.3) is 21.0 Å². The van der Waals surface area contributed by atoms with Crippen molar-refractivity contribution in [2.45, 2.75) is 6.92 Å². The Bertz CT molecular complexity index is 1100. The highest BCUT2D eigenvalue weighted by Gasteiger charge is 2.14. The van der Waals surface area contributed by atoms with Gasteiger partial charge in [0.15, 0.2) is 0 Å². The zero-order valence-electron chi connectivity index (χ0n) is 13.9. The number of rotatable bonds is 3. The van der Waals surface area contributed by atoms with E-state index in [4.69, 9.17) is 4.74 Å². The molecular formula is C20H16N2O2S. The van der Waals surface area contributed by atoms with Crippen LogP contribution in [-0.4, -0.2) is 18.0 Å². The Morgan fingerprint density at radius 3 is 2.60 bits per heavy atom. The van der Waals surface area contributed by atoms with Crippen molar-refractivity contribution in [2.24, 2.45) is 0 Å². The number of ether oxygens (including phenoxy) is 1. The maximum Gasteiger partial charge on any atom is 0.259 e. The first-order chi connectivity index (χ1) is 12.1. The Hall–Kier alpha value is -2.92. The highest BCUT2D eigenvalue weighted by Crippen LogP contribution is 2.28. The molecule has 124 valence electrons. The van der Waals surface area contributed by atoms with Gasteiger partial charge in [0.25, 0.3) is 5.91 Å². The second-order valence-corrected chi connectivity index (χ2v) is 7.00. The summed E-state index contributed by atoms with van der Waals surface area (Å²) in [5.74, 6) is 0.370. The quantitative estimate of drug-likeness (QED) is 0.566. The lowest BCUT2D eigenvalue weighted by molar-refractivity contribution is 0.102. The first kappa shape index (κ1) is 15.6. The molecule has 25 heavy (non-hydrogen) atoms. The average Bonchev–Trinajstić information content (AvgIpc) is 2.99. The molecule has 1 amide bonds. The van der Waals surface area contributed by atoms with Crippen molar-refractivity contribution in [3.05, 3.63) is 65.2 Å². The number of methoxy groups -OCH3 is 1. The van der Waals surface area contributed by atoms with Gasteiger partial charge in [-0.3, -0.25) is 4.79 Å². The van der Waals surface area contributed by atoms with Crippen LogP contribution in [0.3, 0.4) is 0 Å². The summed E-state index contributed by atoms with van der Waals surface area (Å²) in [7, 11) is 1.58. The number of carbonyl (C=O) groups is 1. The third kappa shape index (κ3) is 2.94. The Morgan fingerprint density at radius 1 is 1.08 bits per heavy atom. The summed E-state index contributed by atoms with van der Waals surface area (Å²) < 4.78 is 6.47. The van der Waals surface area contributed by atoms with Crippen molar-refractivity contribution in [1.82, 2.24) is 4.98 Å². The Balaban J connectivity index is 1.70. The molecule has 0 radical (unpaired) electrons. The van der Waals surface area contributed by atoms with E-state index in [2.05, 4.69) is 10.3 Å². The molecule has 0 aliphatic carbocycles. The molecule has 5 heteroatoms. The Morgan fingerprint density at radius 2 is 1.84 bits per heavy atom. The summed E-state index contributed by atoms with van der Waals surface area (Å²) in [4.78, 5) is 17.2. The molecule has 0 unspecified atom stereocenters. The molecule has 0 atom stereocenters. The predicted octanol–water partition coefficient (Wildman–Crippen LogP) is 5.02. The summed E-state index contributed by atoms with van der Waals surface area (Å²) in [6, 6.07) is 17.4. The topological polar surface area (TPSA) is 51.2 Å². The lowest BCUT2D eigenvalue weighted by atomic mass is 10.1. The fourth-order valence-electron chi connectivity index (χ4n) is 2.88. The summed E-state index contributed by atoms with van der Waals surface area (Å²) >= 11 is 1.61. The number of thiazole rings is 1. The van der Waals surface area contributed by atoms with Gasteiger partial charge in [-0.2, -0.15) is 0 Å². The minimum Gasteiger partial charge on any atom is -0.496 e. The standard InChI is InChI=1S/C20H16N2O2S/c1-12-21-17-8-7-15(11-19(17)25-12)22-20(23)16-9-13-5-3-4-6-14(13)10-18(16)24-2/h3-11H,1-2H3,(H,22,23). The molecule has 0 aliphatic heterocycles. The zero-order chi connectivity index (χ0) is 17.4. The molecular weight excluding hydrogens is 332 g/mol. The summed E-state index contributed by atoms with van der Waals surface area (Å²) in [6.45, 7) is 1.98. The average molecular weight is 348 g/mol. The molecule has 3 aromatic carbocycles. The summed E-state index contributed by atoms with van der Waals surface area (Å²) in [6.07, 6.45) is 0. The molecule has 4 nitrogen and oxygen atoms in total. The van der Waals surface area contributed by atoms with Crippen LogP contribution in [0.4, 0.5) is 5.69 Å². The van der Waals surface area contributed by atoms with Crippen LogP contribution in [0.15, 0.2) is 54.6 Å². The maximum absolute atomic E-state index is 12.8. The fraction of sp³-hybridized carbons (Fsp3) is 0.100. The van der Waals surface area contributed by atoms with Gasteiger partial charge in [0.2, 0.25) is 0 Å². The second-order valence-electron chi connectivity index (χ2n) is 5.77. The minimum atomic E-state index is -0.191. The highest BCUT2D eigenvalue weighted by atomic mass is 32.1. The van der Waals surface area contributed by atoms with Crippen LogP contribution in [0.5, 0.6) is 5.75 Å². The predicted molar refractivity (Wildman–Crippen MR) is 103 cm³/mol. The number of benzene rings is 3. The molecule has 1 N–H and O–H groups in total. The molecule has 4 aromatic rings. The van der Waals surface area contributed by atoms with Crippen molar-refractivity contribution >= 4 is 43.9 Å². The van der Waals surface area contributed by atoms with E-state index in [-0.39, 0.29) is 5.91 Å². The fourth-order valence-corrected chi connectivity index (χ4v) is 3.75. The van der Waals surface area contributed by atoms with Gasteiger partial charge in [0, 0.05) is 5.69 Å². The van der Waals surface area contributed by atoms with E-state index >= 15 is 0 Å². The zero-order valence-corrected chi connectivity index (χ0v) is 14.7. The van der Waals surface area contributed by atoms with Gasteiger partial charge in [-0.1, -0.05) is 24.3 Å². The van der Waals surface area contributed by atoms with Crippen LogP contribution in [0.1, 0.15) is 15.4 Å². The molecule has 0 bridgehead atoms. The number of nitrogens with zero attached hydrogens (tertiary/aromatic N) is 1. The van der Waals surface area contributed by atoms with Gasteiger partial charge in [-0.05, 0) is 48.0 Å². The molecule has 0 spiro atoms. The Kier molecular flexibility index (Phi) is 3.86. The molecule has 0 aliphatic rings. The van der Waals surface area contributed by atoms with E-state index in [1.54, 1.807) is 18.4 Å². The van der Waals surface area contributed by atoms with Crippen molar-refractivity contribution < 1.29 is 9.53 Å². The molecule has 1 aromatic heterocycles. The molecule has 0 saturated heterocycles. The van der Waals surface area contributed by atoms with E-state index in [1.807, 2.05) is 61.5 Å². The third-order valence-corrected chi connectivity index (χ3v) is 5.00. The van der Waals surface area contributed by atoms with E-state index in [0.717, 1.165) is 31.7 Å². The number of carbonyl (C=O) groups excluding carboxylic acids is 1. The number of fused-ring (bicyclic) bond motifs is 2. The SMILES string of the molecule is COc1cc2ccccc2cc1C(=O)Nc1ccc2nc(C)sc2c1. The van der Waals surface area contributed by atoms with Crippen LogP contribution >= 0.6 is 11.3 Å². The number of amides is 1. The smallest absolute Gasteiger partial charge is 0.259 e. The number of hydrogen-bond acceptors (Lipinski definition) is 4. The van der Waals surface area contributed by atoms with E-state index in [9.17, 15) is 4.79 Å². The van der Waals surface area contributed by atoms with E-state index in [0.29, 0.717) is 11.3 Å². The van der Waals surface area contributed by atoms with Crippen LogP contribution in [-0.2, 0) is 0 Å². The third-order valence-electron chi connectivity index (χ3n) is 4.07. The van der Waals surface area contributed by atoms with Crippen LogP contribution in [0.2, 0.25) is 0 Å². The molecule has 0 saturated carbocycles. The minimum absolute atomic E-state index is 0.191. The van der Waals surface area contributed by atoms with E-state index < -0.39 is 0 Å². The van der Waals surface area contributed by atoms with Crippen LogP contribution < -0.4 is 10.1 Å². The van der Waals surface area contributed by atoms with Gasteiger partial charge < -0.3 is 10.1 Å². The maximum atomic E-state index is 12.8. The molecule has 4 rings (SSSR count). The number of hydrogen-bond donors (Lipinski definition) is 1. The van der Waals surface area contributed by atoms with Gasteiger partial charge in [0.05, 0.1) is 27.9 Å². The van der Waals surface area contributed by atoms with Gasteiger partial charge in [-0.15, -0.1) is 11.3 Å². The van der Waals surface area contributed by atoms with E-state index in [1.165, 1.54) is 0 Å². The largest absolute Gasteiger partial charge is 0.496 e. The first-order valence-corrected chi connectivity index (χ1v) is 8.71. The van der Waals surface area contributed by atoms with Crippen LogP contribution in [0, 0.1) is 6.92 Å². The molecule has 0 fully saturated rings. The van der Waals surface area contributed by atoms with Gasteiger partial charge >= 0.3 is 0 Å². The van der Waals surface area contributed by atoms with Crippen molar-refractivity contribution in [2.75, 3.05) is 12.4 Å². The lowest BCUT2D eigenvalue weighted by Crippen LogP contribution is -2.13. The number of anilines is 1. The summed E-state index contributed by atoms with van der Waals surface area (Å²) in [5, 5.41) is 6.01. The lowest BCUT2D eigenvalue weighted by Gasteiger charge is -2.11. The van der Waals surface area contributed by atoms with Crippen molar-refractivity contribution in [3.8, 4) is 5.75 Å². The number of aromatic nitrogens is 1. The monoisotopic (exact) mass is 348 g/mol. The van der Waals surface area contributed by atoms with Gasteiger partial charge in [-0.25, -0.2) is 4.98 Å². The van der Waals surface area contributed by atoms with Crippen molar-refractivity contribution in [1.29, 1.82) is 0 Å². The second kappa shape index (κ2) is 6.18. The number of aryl methyl sites for hydroxylation is 1. The van der Waals surface area contributed by atoms with Gasteiger partial charge in [0.1, 0.15) is 5.75 Å². The normalized spacial score (nSPS) is 11.0. The number of nitrogens with one attached hydrogen (secondary N) is 1. The summed E-state index contributed by atoms with van der Waals surface area (Å²) in [5.41, 5.74) is 2.21. The highest BCUT2D eigenvalue weighted by molar-refractivity contribution is 7.18.